The van der Waals surface area contributed by atoms with E-state index in [9.17, 15) is 4.79 Å². The molecule has 1 heterocycles. The minimum Gasteiger partial charge on any atom is -0.480 e. The fourth-order valence-corrected chi connectivity index (χ4v) is 1.90. The molecule has 3 nitrogen and oxygen atoms in total. The molecule has 1 aromatic rings. The number of para-hydroxylation sites is 1. The number of hydrogen-bond donors (Lipinski definition) is 1. The average molecular weight is 191 g/mol. The summed E-state index contributed by atoms with van der Waals surface area (Å²) in [7, 11) is 0. The second-order valence-corrected chi connectivity index (χ2v) is 3.59. The summed E-state index contributed by atoms with van der Waals surface area (Å²) >= 11 is 0. The molecule has 1 aromatic carbocycles. The van der Waals surface area contributed by atoms with Crippen LogP contribution < -0.4 is 4.90 Å². The minimum absolute atomic E-state index is 0.432. The summed E-state index contributed by atoms with van der Waals surface area (Å²) in [4.78, 5) is 12.8. The molecule has 0 saturated heterocycles. The number of anilines is 1. The molecular weight excluding hydrogens is 178 g/mol. The van der Waals surface area contributed by atoms with E-state index in [1.54, 1.807) is 6.92 Å². The zero-order valence-corrected chi connectivity index (χ0v) is 8.10. The van der Waals surface area contributed by atoms with Crippen LogP contribution in [0.3, 0.4) is 0 Å². The second-order valence-electron chi connectivity index (χ2n) is 3.59. The summed E-state index contributed by atoms with van der Waals surface area (Å²) in [6.45, 7) is 2.54. The molecule has 0 spiro atoms. The highest BCUT2D eigenvalue weighted by molar-refractivity contribution is 5.79. The van der Waals surface area contributed by atoms with E-state index < -0.39 is 12.0 Å². The van der Waals surface area contributed by atoms with Gasteiger partial charge in [-0.1, -0.05) is 18.2 Å². The van der Waals surface area contributed by atoms with E-state index in [2.05, 4.69) is 6.07 Å². The van der Waals surface area contributed by atoms with Gasteiger partial charge in [0.1, 0.15) is 6.04 Å². The number of rotatable bonds is 2. The maximum Gasteiger partial charge on any atom is 0.326 e. The van der Waals surface area contributed by atoms with Gasteiger partial charge in [0.25, 0.3) is 0 Å². The number of nitrogens with zero attached hydrogens (tertiary/aromatic N) is 1. The Morgan fingerprint density at radius 3 is 2.93 bits per heavy atom. The molecule has 0 fully saturated rings. The Morgan fingerprint density at radius 2 is 2.21 bits per heavy atom. The molecule has 74 valence electrons. The molecule has 0 aliphatic carbocycles. The fraction of sp³-hybridized carbons (Fsp3) is 0.364. The lowest BCUT2D eigenvalue weighted by atomic mass is 10.2. The summed E-state index contributed by atoms with van der Waals surface area (Å²) < 4.78 is 0. The summed E-state index contributed by atoms with van der Waals surface area (Å²) in [5, 5.41) is 8.93. The predicted molar refractivity (Wildman–Crippen MR) is 54.6 cm³/mol. The van der Waals surface area contributed by atoms with Crippen molar-refractivity contribution in [1.29, 1.82) is 0 Å². The van der Waals surface area contributed by atoms with Crippen LogP contribution in [0, 0.1) is 0 Å². The summed E-state index contributed by atoms with van der Waals surface area (Å²) in [5.74, 6) is -0.762. The third kappa shape index (κ3) is 1.35. The molecule has 1 aliphatic heterocycles. The van der Waals surface area contributed by atoms with Crippen LogP contribution in [0.1, 0.15) is 12.5 Å². The van der Waals surface area contributed by atoms with Crippen LogP contribution in [0.25, 0.3) is 0 Å². The lowest BCUT2D eigenvalue weighted by molar-refractivity contribution is -0.138. The van der Waals surface area contributed by atoms with Gasteiger partial charge in [0.05, 0.1) is 0 Å². The molecule has 0 saturated carbocycles. The molecule has 0 radical (unpaired) electrons. The quantitative estimate of drug-likeness (QED) is 0.770. The smallest absolute Gasteiger partial charge is 0.326 e. The van der Waals surface area contributed by atoms with Crippen LogP contribution in [0.15, 0.2) is 24.3 Å². The Kier molecular flexibility index (Phi) is 2.15. The van der Waals surface area contributed by atoms with Gasteiger partial charge in [0.2, 0.25) is 0 Å². The van der Waals surface area contributed by atoms with Gasteiger partial charge in [-0.05, 0) is 25.0 Å². The standard InChI is InChI=1S/C11H13NO2/c1-8(11(13)14)12-7-6-9-4-2-3-5-10(9)12/h2-5,8H,6-7H2,1H3,(H,13,14)/t8-/m1/s1. The highest BCUT2D eigenvalue weighted by atomic mass is 16.4. The van der Waals surface area contributed by atoms with E-state index in [0.717, 1.165) is 18.7 Å². The van der Waals surface area contributed by atoms with Crippen LogP contribution >= 0.6 is 0 Å². The Labute approximate surface area is 83.0 Å². The normalized spacial score (nSPS) is 16.5. The molecule has 1 aliphatic rings. The first-order chi connectivity index (χ1) is 6.70. The number of carbonyl (C=O) groups is 1. The molecule has 0 aromatic heterocycles. The molecule has 14 heavy (non-hydrogen) atoms. The zero-order chi connectivity index (χ0) is 10.1. The topological polar surface area (TPSA) is 40.5 Å². The van der Waals surface area contributed by atoms with Crippen LogP contribution in [0.2, 0.25) is 0 Å². The first-order valence-electron chi connectivity index (χ1n) is 4.77. The van der Waals surface area contributed by atoms with Crippen molar-refractivity contribution in [3.63, 3.8) is 0 Å². The third-order valence-corrected chi connectivity index (χ3v) is 2.75. The predicted octanol–water partition coefficient (Wildman–Crippen LogP) is 1.52. The number of benzene rings is 1. The van der Waals surface area contributed by atoms with Crippen molar-refractivity contribution in [3.8, 4) is 0 Å². The monoisotopic (exact) mass is 191 g/mol. The van der Waals surface area contributed by atoms with Gasteiger partial charge >= 0.3 is 5.97 Å². The van der Waals surface area contributed by atoms with Crippen molar-refractivity contribution in [3.05, 3.63) is 29.8 Å². The molecule has 0 unspecified atom stereocenters. The van der Waals surface area contributed by atoms with E-state index in [0.29, 0.717) is 0 Å². The summed E-state index contributed by atoms with van der Waals surface area (Å²) in [5.41, 5.74) is 2.32. The van der Waals surface area contributed by atoms with Gasteiger partial charge in [-0.2, -0.15) is 0 Å². The lowest BCUT2D eigenvalue weighted by Gasteiger charge is -2.23. The SMILES string of the molecule is C[C@H](C(=O)O)N1CCc2ccccc21. The highest BCUT2D eigenvalue weighted by Crippen LogP contribution is 2.28. The minimum atomic E-state index is -0.762. The number of aliphatic carboxylic acids is 1. The fourth-order valence-electron chi connectivity index (χ4n) is 1.90. The van der Waals surface area contributed by atoms with Gasteiger partial charge in [0, 0.05) is 12.2 Å². The maximum absolute atomic E-state index is 10.9. The van der Waals surface area contributed by atoms with Crippen molar-refractivity contribution in [2.45, 2.75) is 19.4 Å². The van der Waals surface area contributed by atoms with Crippen LogP contribution in [0.4, 0.5) is 5.69 Å². The van der Waals surface area contributed by atoms with Crippen LogP contribution in [-0.2, 0) is 11.2 Å². The van der Waals surface area contributed by atoms with Gasteiger partial charge in [0.15, 0.2) is 0 Å². The van der Waals surface area contributed by atoms with Crippen molar-refractivity contribution in [2.75, 3.05) is 11.4 Å². The highest BCUT2D eigenvalue weighted by Gasteiger charge is 2.26. The average Bonchev–Trinajstić information content (AvgIpc) is 2.60. The Morgan fingerprint density at radius 1 is 1.50 bits per heavy atom. The van der Waals surface area contributed by atoms with Gasteiger partial charge in [-0.15, -0.1) is 0 Å². The summed E-state index contributed by atoms with van der Waals surface area (Å²) in [6.07, 6.45) is 0.952. The molecule has 3 heteroatoms. The third-order valence-electron chi connectivity index (χ3n) is 2.75. The molecule has 1 atom stereocenters. The number of carboxylic acid groups (broad SMARTS) is 1. The van der Waals surface area contributed by atoms with Crippen molar-refractivity contribution in [1.82, 2.24) is 0 Å². The first-order valence-corrected chi connectivity index (χ1v) is 4.77. The Bertz CT molecular complexity index is 362. The van der Waals surface area contributed by atoms with Crippen molar-refractivity contribution >= 4 is 11.7 Å². The first kappa shape index (κ1) is 9.06. The van der Waals surface area contributed by atoms with E-state index in [1.807, 2.05) is 23.1 Å². The van der Waals surface area contributed by atoms with Crippen LogP contribution in [0.5, 0.6) is 0 Å². The Hall–Kier alpha value is -1.51. The summed E-state index contributed by atoms with van der Waals surface area (Å²) in [6, 6.07) is 7.56. The number of carboxylic acids is 1. The Balaban J connectivity index is 2.30. The largest absolute Gasteiger partial charge is 0.480 e. The molecular formula is C11H13NO2. The molecule has 1 N–H and O–H groups in total. The molecule has 0 bridgehead atoms. The molecule has 2 rings (SSSR count). The van der Waals surface area contributed by atoms with Crippen molar-refractivity contribution < 1.29 is 9.90 Å². The van der Waals surface area contributed by atoms with Gasteiger partial charge < -0.3 is 10.0 Å². The van der Waals surface area contributed by atoms with E-state index >= 15 is 0 Å². The molecule has 0 amide bonds. The maximum atomic E-state index is 10.9. The lowest BCUT2D eigenvalue weighted by Crippen LogP contribution is -2.37. The zero-order valence-electron chi connectivity index (χ0n) is 8.10. The number of fused-ring (bicyclic) bond motifs is 1. The van der Waals surface area contributed by atoms with E-state index in [-0.39, 0.29) is 0 Å². The second kappa shape index (κ2) is 3.33. The van der Waals surface area contributed by atoms with Crippen LogP contribution in [-0.4, -0.2) is 23.7 Å². The van der Waals surface area contributed by atoms with E-state index in [1.165, 1.54) is 5.56 Å². The van der Waals surface area contributed by atoms with Gasteiger partial charge in [-0.3, -0.25) is 0 Å². The number of hydrogen-bond acceptors (Lipinski definition) is 2. The van der Waals surface area contributed by atoms with Gasteiger partial charge in [-0.25, -0.2) is 4.79 Å². The van der Waals surface area contributed by atoms with E-state index in [4.69, 9.17) is 5.11 Å². The van der Waals surface area contributed by atoms with Crippen molar-refractivity contribution in [2.24, 2.45) is 0 Å².